The summed E-state index contributed by atoms with van der Waals surface area (Å²) < 4.78 is 12.1. The predicted octanol–water partition coefficient (Wildman–Crippen LogP) is 3.35. The van der Waals surface area contributed by atoms with Crippen LogP contribution in [0.4, 0.5) is 0 Å². The monoisotopic (exact) mass is 470 g/mol. The zero-order chi connectivity index (χ0) is 24.4. The third-order valence-electron chi connectivity index (χ3n) is 11.6. The Balaban J connectivity index is 1.31. The molecule has 0 aromatic heterocycles. The molecule has 2 heterocycles. The molecule has 6 aliphatic rings. The van der Waals surface area contributed by atoms with Gasteiger partial charge in [-0.25, -0.2) is 4.79 Å². The van der Waals surface area contributed by atoms with Crippen LogP contribution < -0.4 is 0 Å². The first-order valence-electron chi connectivity index (χ1n) is 13.1. The van der Waals surface area contributed by atoms with Crippen LogP contribution in [0.3, 0.4) is 0 Å². The van der Waals surface area contributed by atoms with E-state index < -0.39 is 23.2 Å². The summed E-state index contributed by atoms with van der Waals surface area (Å²) in [5, 5.41) is 22.3. The summed E-state index contributed by atoms with van der Waals surface area (Å²) >= 11 is 0. The summed E-state index contributed by atoms with van der Waals surface area (Å²) in [6.07, 6.45) is 5.74. The van der Waals surface area contributed by atoms with E-state index in [0.29, 0.717) is 12.0 Å². The van der Waals surface area contributed by atoms with Gasteiger partial charge in [-0.3, -0.25) is 4.79 Å². The van der Waals surface area contributed by atoms with Crippen molar-refractivity contribution >= 4 is 11.8 Å². The zero-order valence-electron chi connectivity index (χ0n) is 20.9. The van der Waals surface area contributed by atoms with Crippen molar-refractivity contribution in [1.82, 2.24) is 0 Å². The highest BCUT2D eigenvalue weighted by Gasteiger charge is 2.80. The number of cyclic esters (lactones) is 1. The minimum Gasteiger partial charge on any atom is -0.458 e. The van der Waals surface area contributed by atoms with Gasteiger partial charge in [0.2, 0.25) is 0 Å². The zero-order valence-corrected chi connectivity index (χ0v) is 20.9. The molecule has 2 aliphatic heterocycles. The number of rotatable bonds is 2. The number of aliphatic hydroxyl groups excluding tert-OH is 2. The quantitative estimate of drug-likeness (QED) is 0.475. The van der Waals surface area contributed by atoms with Gasteiger partial charge in [-0.2, -0.15) is 0 Å². The topological polar surface area (TPSA) is 96.4 Å². The predicted molar refractivity (Wildman–Crippen MR) is 124 cm³/mol. The number of hydrogen-bond donors (Lipinski definition) is 2. The van der Waals surface area contributed by atoms with Crippen LogP contribution in [0.25, 0.3) is 0 Å². The summed E-state index contributed by atoms with van der Waals surface area (Å²) in [5.41, 5.74) is 0.208. The molecule has 34 heavy (non-hydrogen) atoms. The molecule has 6 nitrogen and oxygen atoms in total. The van der Waals surface area contributed by atoms with Crippen molar-refractivity contribution in [2.75, 3.05) is 0 Å². The fourth-order valence-electron chi connectivity index (χ4n) is 9.61. The fourth-order valence-corrected chi connectivity index (χ4v) is 9.61. The second kappa shape index (κ2) is 7.04. The van der Waals surface area contributed by atoms with Gasteiger partial charge in [-0.05, 0) is 93.6 Å². The normalized spacial score (nSPS) is 54.6. The lowest BCUT2D eigenvalue weighted by molar-refractivity contribution is -0.156. The van der Waals surface area contributed by atoms with Gasteiger partial charge in [0.15, 0.2) is 5.78 Å². The van der Waals surface area contributed by atoms with Crippen LogP contribution in [-0.4, -0.2) is 52.0 Å². The number of carbonyl (C=O) groups excluding carboxylic acids is 2. The molecular formula is C28H38O6. The van der Waals surface area contributed by atoms with Crippen molar-refractivity contribution in [2.45, 2.75) is 96.7 Å². The van der Waals surface area contributed by atoms with E-state index >= 15 is 0 Å². The molecule has 6 rings (SSSR count). The van der Waals surface area contributed by atoms with E-state index in [2.05, 4.69) is 13.8 Å². The number of ether oxygens (including phenoxy) is 2. The molecule has 0 aromatic carbocycles. The highest BCUT2D eigenvalue weighted by molar-refractivity contribution is 5.98. The van der Waals surface area contributed by atoms with E-state index in [9.17, 15) is 19.8 Å². The average molecular weight is 471 g/mol. The summed E-state index contributed by atoms with van der Waals surface area (Å²) in [4.78, 5) is 25.7. The first-order chi connectivity index (χ1) is 16.0. The Hall–Kier alpha value is -1.50. The average Bonchev–Trinajstić information content (AvgIpc) is 3.45. The van der Waals surface area contributed by atoms with E-state index in [1.165, 1.54) is 0 Å². The summed E-state index contributed by atoms with van der Waals surface area (Å²) in [7, 11) is 0. The Kier molecular flexibility index (Phi) is 4.75. The molecule has 1 spiro atoms. The van der Waals surface area contributed by atoms with Gasteiger partial charge in [0.1, 0.15) is 17.8 Å². The van der Waals surface area contributed by atoms with Gasteiger partial charge in [0, 0.05) is 12.0 Å². The van der Waals surface area contributed by atoms with Crippen LogP contribution in [0.1, 0.15) is 66.7 Å². The van der Waals surface area contributed by atoms with Gasteiger partial charge >= 0.3 is 5.97 Å². The van der Waals surface area contributed by atoms with E-state index in [0.717, 1.165) is 31.3 Å². The van der Waals surface area contributed by atoms with Crippen molar-refractivity contribution in [2.24, 2.45) is 40.4 Å². The van der Waals surface area contributed by atoms with Gasteiger partial charge in [0.25, 0.3) is 0 Å². The molecule has 2 N–H and O–H groups in total. The van der Waals surface area contributed by atoms with Crippen LogP contribution in [-0.2, 0) is 19.1 Å². The van der Waals surface area contributed by atoms with Crippen molar-refractivity contribution in [3.05, 3.63) is 23.3 Å². The SMILES string of the molecule is CC1=C(C)C(=O)OC(C(C)C2C(O)CC3C4CC5OC56C(O)C=CC(=O)C6(C)C4CCC32C)C1. The number of allylic oxidation sites excluding steroid dienone is 1. The molecule has 1 saturated heterocycles. The third kappa shape index (κ3) is 2.58. The maximum absolute atomic E-state index is 13.3. The van der Waals surface area contributed by atoms with E-state index in [1.54, 1.807) is 12.2 Å². The molecule has 3 saturated carbocycles. The number of fused-ring (bicyclic) bond motifs is 4. The molecule has 0 amide bonds. The number of epoxide rings is 1. The Morgan fingerprint density at radius 3 is 2.56 bits per heavy atom. The molecule has 12 unspecified atom stereocenters. The minimum atomic E-state index is -0.768. The second-order valence-corrected chi connectivity index (χ2v) is 12.7. The van der Waals surface area contributed by atoms with Crippen LogP contribution in [0.15, 0.2) is 23.3 Å². The molecule has 6 heteroatoms. The molecule has 186 valence electrons. The first kappa shape index (κ1) is 22.9. The van der Waals surface area contributed by atoms with Crippen molar-refractivity contribution in [3.8, 4) is 0 Å². The highest BCUT2D eigenvalue weighted by atomic mass is 16.6. The Morgan fingerprint density at radius 2 is 1.85 bits per heavy atom. The van der Waals surface area contributed by atoms with E-state index in [1.807, 2.05) is 20.8 Å². The number of ketones is 1. The van der Waals surface area contributed by atoms with Crippen LogP contribution in [0, 0.1) is 40.4 Å². The first-order valence-corrected chi connectivity index (χ1v) is 13.1. The third-order valence-corrected chi connectivity index (χ3v) is 11.6. The van der Waals surface area contributed by atoms with Gasteiger partial charge in [-0.15, -0.1) is 0 Å². The lowest BCUT2D eigenvalue weighted by Gasteiger charge is -2.58. The maximum atomic E-state index is 13.3. The fraction of sp³-hybridized carbons (Fsp3) is 0.786. The molecule has 0 radical (unpaired) electrons. The summed E-state index contributed by atoms with van der Waals surface area (Å²) in [5.74, 6) is 0.618. The van der Waals surface area contributed by atoms with Gasteiger partial charge in [0.05, 0.1) is 17.6 Å². The van der Waals surface area contributed by atoms with Gasteiger partial charge in [-0.1, -0.05) is 19.4 Å². The number of esters is 1. The maximum Gasteiger partial charge on any atom is 0.333 e. The lowest BCUT2D eigenvalue weighted by atomic mass is 9.44. The lowest BCUT2D eigenvalue weighted by Crippen LogP contribution is -2.63. The summed E-state index contributed by atoms with van der Waals surface area (Å²) in [6.45, 7) is 10.3. The van der Waals surface area contributed by atoms with Crippen LogP contribution in [0.2, 0.25) is 0 Å². The Bertz CT molecular complexity index is 1010. The molecule has 4 aliphatic carbocycles. The standard InChI is InChI=1S/C28H38O6/c1-13-10-20(33-25(32)14(13)2)15(3)24-19(29)12-18-16-11-23-28(34-23)22(31)7-6-21(30)27(28,5)17(16)8-9-26(18,24)4/h6-7,15-20,22-24,29,31H,8-12H2,1-5H3. The molecule has 0 bridgehead atoms. The van der Waals surface area contributed by atoms with Crippen molar-refractivity contribution in [1.29, 1.82) is 0 Å². The van der Waals surface area contributed by atoms with Crippen molar-refractivity contribution in [3.63, 3.8) is 0 Å². The Labute approximate surface area is 201 Å². The minimum absolute atomic E-state index is 0.0367. The highest BCUT2D eigenvalue weighted by Crippen LogP contribution is 2.73. The van der Waals surface area contributed by atoms with Crippen molar-refractivity contribution < 1.29 is 29.3 Å². The number of hydrogen-bond acceptors (Lipinski definition) is 6. The summed E-state index contributed by atoms with van der Waals surface area (Å²) in [6, 6.07) is 0. The smallest absolute Gasteiger partial charge is 0.333 e. The molecule has 0 aromatic rings. The van der Waals surface area contributed by atoms with Gasteiger partial charge < -0.3 is 19.7 Å². The van der Waals surface area contributed by atoms with Crippen LogP contribution >= 0.6 is 0 Å². The number of carbonyl (C=O) groups is 2. The van der Waals surface area contributed by atoms with E-state index in [4.69, 9.17) is 9.47 Å². The van der Waals surface area contributed by atoms with E-state index in [-0.39, 0.29) is 59.0 Å². The largest absolute Gasteiger partial charge is 0.458 e. The van der Waals surface area contributed by atoms with Crippen LogP contribution in [0.5, 0.6) is 0 Å². The number of aliphatic hydroxyl groups is 2. The Morgan fingerprint density at radius 1 is 1.12 bits per heavy atom. The molecule has 12 atom stereocenters. The second-order valence-electron chi connectivity index (χ2n) is 12.7. The molecule has 4 fully saturated rings. The molecular weight excluding hydrogens is 432 g/mol.